The van der Waals surface area contributed by atoms with Crippen molar-refractivity contribution in [2.75, 3.05) is 12.8 Å². The first kappa shape index (κ1) is 21.0. The standard InChI is InChI=1S/C22H26N2O4S/c1-16(17-7-9-20(10-8-17)29(2,27)28)23-21(25)11-12-22(26)24-14-13-18-5-3-4-6-19(18)15-24/h3-10,16H,11-15H2,1-2H3,(H,23,25). The number of rotatable bonds is 6. The highest BCUT2D eigenvalue weighted by Gasteiger charge is 2.21. The zero-order valence-corrected chi connectivity index (χ0v) is 17.5. The van der Waals surface area contributed by atoms with Gasteiger partial charge in [-0.2, -0.15) is 0 Å². The van der Waals surface area contributed by atoms with Crippen molar-refractivity contribution in [3.8, 4) is 0 Å². The number of amides is 2. The molecule has 1 atom stereocenters. The van der Waals surface area contributed by atoms with Gasteiger partial charge >= 0.3 is 0 Å². The number of fused-ring (bicyclic) bond motifs is 1. The van der Waals surface area contributed by atoms with Crippen LogP contribution >= 0.6 is 0 Å². The molecule has 29 heavy (non-hydrogen) atoms. The molecule has 0 radical (unpaired) electrons. The number of carbonyl (C=O) groups excluding carboxylic acids is 2. The number of hydrogen-bond donors (Lipinski definition) is 1. The maximum Gasteiger partial charge on any atom is 0.223 e. The Labute approximate surface area is 171 Å². The average molecular weight is 415 g/mol. The summed E-state index contributed by atoms with van der Waals surface area (Å²) >= 11 is 0. The van der Waals surface area contributed by atoms with Gasteiger partial charge in [0.15, 0.2) is 9.84 Å². The Morgan fingerprint density at radius 2 is 1.69 bits per heavy atom. The topological polar surface area (TPSA) is 83.6 Å². The molecule has 0 aliphatic carbocycles. The highest BCUT2D eigenvalue weighted by molar-refractivity contribution is 7.90. The van der Waals surface area contributed by atoms with Crippen LogP contribution < -0.4 is 5.32 Å². The van der Waals surface area contributed by atoms with Crippen LogP contribution in [0.5, 0.6) is 0 Å². The van der Waals surface area contributed by atoms with Crippen LogP contribution in [0.25, 0.3) is 0 Å². The molecule has 0 saturated carbocycles. The molecule has 0 saturated heterocycles. The van der Waals surface area contributed by atoms with E-state index >= 15 is 0 Å². The Morgan fingerprint density at radius 3 is 2.34 bits per heavy atom. The van der Waals surface area contributed by atoms with Crippen molar-refractivity contribution in [3.63, 3.8) is 0 Å². The van der Waals surface area contributed by atoms with Crippen molar-refractivity contribution in [2.24, 2.45) is 0 Å². The van der Waals surface area contributed by atoms with Crippen molar-refractivity contribution in [1.82, 2.24) is 10.2 Å². The maximum atomic E-state index is 12.5. The lowest BCUT2D eigenvalue weighted by atomic mass is 9.99. The number of hydrogen-bond acceptors (Lipinski definition) is 4. The van der Waals surface area contributed by atoms with E-state index in [1.807, 2.05) is 30.0 Å². The first-order valence-corrected chi connectivity index (χ1v) is 11.6. The fourth-order valence-electron chi connectivity index (χ4n) is 3.49. The second kappa shape index (κ2) is 8.78. The SMILES string of the molecule is CC(NC(=O)CCC(=O)N1CCc2ccccc2C1)c1ccc(S(C)(=O)=O)cc1. The minimum atomic E-state index is -3.25. The first-order valence-electron chi connectivity index (χ1n) is 9.68. The Hall–Kier alpha value is -2.67. The van der Waals surface area contributed by atoms with Gasteiger partial charge in [0.25, 0.3) is 0 Å². The fraction of sp³-hybridized carbons (Fsp3) is 0.364. The molecule has 154 valence electrons. The summed E-state index contributed by atoms with van der Waals surface area (Å²) in [7, 11) is -3.25. The van der Waals surface area contributed by atoms with Gasteiger partial charge in [0.2, 0.25) is 11.8 Å². The molecule has 0 bridgehead atoms. The molecule has 2 aromatic rings. The number of carbonyl (C=O) groups is 2. The number of nitrogens with zero attached hydrogens (tertiary/aromatic N) is 1. The molecule has 6 nitrogen and oxygen atoms in total. The summed E-state index contributed by atoms with van der Waals surface area (Å²) in [5.41, 5.74) is 3.26. The number of nitrogens with one attached hydrogen (secondary N) is 1. The molecular formula is C22H26N2O4S. The van der Waals surface area contributed by atoms with Crippen LogP contribution in [0.4, 0.5) is 0 Å². The monoisotopic (exact) mass is 414 g/mol. The molecule has 2 amide bonds. The second-order valence-corrected chi connectivity index (χ2v) is 9.48. The Kier molecular flexibility index (Phi) is 6.37. The minimum Gasteiger partial charge on any atom is -0.350 e. The quantitative estimate of drug-likeness (QED) is 0.788. The molecule has 2 aromatic carbocycles. The van der Waals surface area contributed by atoms with Crippen LogP contribution in [0.15, 0.2) is 53.4 Å². The minimum absolute atomic E-state index is 0.0141. The van der Waals surface area contributed by atoms with Crippen LogP contribution in [0.1, 0.15) is 42.5 Å². The second-order valence-electron chi connectivity index (χ2n) is 7.46. The van der Waals surface area contributed by atoms with Gasteiger partial charge in [0.1, 0.15) is 0 Å². The first-order chi connectivity index (χ1) is 13.7. The summed E-state index contributed by atoms with van der Waals surface area (Å²) in [6.07, 6.45) is 2.30. The van der Waals surface area contributed by atoms with Crippen LogP contribution in [0.3, 0.4) is 0 Å². The Bertz CT molecular complexity index is 1000. The molecule has 0 fully saturated rings. The lowest BCUT2D eigenvalue weighted by molar-refractivity contribution is -0.134. The average Bonchev–Trinajstić information content (AvgIpc) is 2.71. The van der Waals surface area contributed by atoms with E-state index in [2.05, 4.69) is 11.4 Å². The van der Waals surface area contributed by atoms with Crippen LogP contribution in [0, 0.1) is 0 Å². The summed E-state index contributed by atoms with van der Waals surface area (Å²) in [5.74, 6) is -0.213. The van der Waals surface area contributed by atoms with E-state index in [9.17, 15) is 18.0 Å². The van der Waals surface area contributed by atoms with Crippen LogP contribution in [-0.4, -0.2) is 37.9 Å². The van der Waals surface area contributed by atoms with Gasteiger partial charge in [0, 0.05) is 32.2 Å². The predicted molar refractivity (Wildman–Crippen MR) is 111 cm³/mol. The highest BCUT2D eigenvalue weighted by Crippen LogP contribution is 2.20. The molecular weight excluding hydrogens is 388 g/mol. The van der Waals surface area contributed by atoms with Crippen molar-refractivity contribution in [2.45, 2.75) is 43.7 Å². The van der Waals surface area contributed by atoms with Gasteiger partial charge in [-0.15, -0.1) is 0 Å². The van der Waals surface area contributed by atoms with Crippen molar-refractivity contribution < 1.29 is 18.0 Å². The summed E-state index contributed by atoms with van der Waals surface area (Å²) in [6.45, 7) is 3.11. The molecule has 7 heteroatoms. The summed E-state index contributed by atoms with van der Waals surface area (Å²) in [5, 5.41) is 2.87. The van der Waals surface area contributed by atoms with Gasteiger partial charge in [-0.25, -0.2) is 8.42 Å². The van der Waals surface area contributed by atoms with E-state index < -0.39 is 9.84 Å². The molecule has 1 aliphatic heterocycles. The van der Waals surface area contributed by atoms with Gasteiger partial charge in [-0.1, -0.05) is 36.4 Å². The number of sulfone groups is 1. The Morgan fingerprint density at radius 1 is 1.03 bits per heavy atom. The molecule has 1 N–H and O–H groups in total. The Balaban J connectivity index is 1.49. The summed E-state index contributed by atoms with van der Waals surface area (Å²) < 4.78 is 23.1. The summed E-state index contributed by atoms with van der Waals surface area (Å²) in [6, 6.07) is 14.3. The predicted octanol–water partition coefficient (Wildman–Crippen LogP) is 2.63. The molecule has 1 heterocycles. The molecule has 1 aliphatic rings. The van der Waals surface area contributed by atoms with E-state index in [-0.39, 0.29) is 35.6 Å². The zero-order valence-electron chi connectivity index (χ0n) is 16.7. The van der Waals surface area contributed by atoms with Crippen LogP contribution in [0.2, 0.25) is 0 Å². The third-order valence-corrected chi connectivity index (χ3v) is 6.36. The third kappa shape index (κ3) is 5.44. The summed E-state index contributed by atoms with van der Waals surface area (Å²) in [4.78, 5) is 26.8. The van der Waals surface area contributed by atoms with Gasteiger partial charge in [-0.05, 0) is 42.2 Å². The van der Waals surface area contributed by atoms with Gasteiger partial charge in [0.05, 0.1) is 10.9 Å². The van der Waals surface area contributed by atoms with Crippen molar-refractivity contribution in [1.29, 1.82) is 0 Å². The van der Waals surface area contributed by atoms with Gasteiger partial charge in [-0.3, -0.25) is 9.59 Å². The highest BCUT2D eigenvalue weighted by atomic mass is 32.2. The van der Waals surface area contributed by atoms with E-state index in [0.717, 1.165) is 18.2 Å². The molecule has 1 unspecified atom stereocenters. The zero-order chi connectivity index (χ0) is 21.0. The lowest BCUT2D eigenvalue weighted by Gasteiger charge is -2.29. The van der Waals surface area contributed by atoms with E-state index in [1.165, 1.54) is 23.3 Å². The van der Waals surface area contributed by atoms with E-state index in [1.54, 1.807) is 12.1 Å². The largest absolute Gasteiger partial charge is 0.350 e. The fourth-order valence-corrected chi connectivity index (χ4v) is 4.12. The van der Waals surface area contributed by atoms with Crippen LogP contribution in [-0.2, 0) is 32.4 Å². The van der Waals surface area contributed by atoms with E-state index in [4.69, 9.17) is 0 Å². The maximum absolute atomic E-state index is 12.5. The van der Waals surface area contributed by atoms with Crippen molar-refractivity contribution >= 4 is 21.7 Å². The van der Waals surface area contributed by atoms with Crippen molar-refractivity contribution in [3.05, 3.63) is 65.2 Å². The molecule has 0 spiro atoms. The van der Waals surface area contributed by atoms with E-state index in [0.29, 0.717) is 13.1 Å². The van der Waals surface area contributed by atoms with Gasteiger partial charge < -0.3 is 10.2 Å². The smallest absolute Gasteiger partial charge is 0.223 e. The lowest BCUT2D eigenvalue weighted by Crippen LogP contribution is -2.36. The molecule has 3 rings (SSSR count). The number of benzene rings is 2. The third-order valence-electron chi connectivity index (χ3n) is 5.24. The molecule has 0 aromatic heterocycles. The normalized spacial score (nSPS) is 14.8.